The van der Waals surface area contributed by atoms with E-state index in [1.807, 2.05) is 0 Å². The van der Waals surface area contributed by atoms with Crippen molar-refractivity contribution in [2.45, 2.75) is 13.5 Å². The smallest absolute Gasteiger partial charge is 0.248 e. The molecule has 1 amide bonds. The van der Waals surface area contributed by atoms with Crippen LogP contribution in [0.5, 0.6) is 5.75 Å². The minimum Gasteiger partial charge on any atom is -0.503 e. The standard InChI is InChI=1S/C22H23F3N4O4S2/c1-12-21(15-11-34-22(27-15)13-8-14(23)20(32)19(25)18(13)24)35-16(26-12)9-33-10-17(31)29-4-2-28(3-5-29)6-7-30/h8,11,30,32H,2-7,9-10H2,1H3. The van der Waals surface area contributed by atoms with Crippen LogP contribution in [-0.4, -0.2) is 81.8 Å². The third-order valence-corrected chi connectivity index (χ3v) is 7.56. The van der Waals surface area contributed by atoms with E-state index in [4.69, 9.17) is 9.84 Å². The molecule has 2 N–H and O–H groups in total. The van der Waals surface area contributed by atoms with Crippen LogP contribution in [0.1, 0.15) is 10.7 Å². The molecule has 1 fully saturated rings. The first-order valence-corrected chi connectivity index (χ1v) is 12.5. The second kappa shape index (κ2) is 11.0. The number of carbonyl (C=O) groups is 1. The molecule has 4 rings (SSSR count). The summed E-state index contributed by atoms with van der Waals surface area (Å²) < 4.78 is 47.2. The van der Waals surface area contributed by atoms with E-state index in [-0.39, 0.29) is 36.3 Å². The number of rotatable bonds is 8. The fourth-order valence-electron chi connectivity index (χ4n) is 3.67. The number of nitrogens with zero attached hydrogens (tertiary/aromatic N) is 4. The van der Waals surface area contributed by atoms with Crippen molar-refractivity contribution in [1.29, 1.82) is 0 Å². The van der Waals surface area contributed by atoms with Gasteiger partial charge in [0.25, 0.3) is 0 Å². The van der Waals surface area contributed by atoms with Crippen LogP contribution in [0, 0.1) is 24.4 Å². The molecule has 1 aliphatic rings. The number of amides is 1. The highest BCUT2D eigenvalue weighted by Gasteiger charge is 2.23. The van der Waals surface area contributed by atoms with Gasteiger partial charge in [-0.25, -0.2) is 18.7 Å². The van der Waals surface area contributed by atoms with Gasteiger partial charge in [0.1, 0.15) is 16.6 Å². The highest BCUT2D eigenvalue weighted by Crippen LogP contribution is 2.37. The van der Waals surface area contributed by atoms with Crippen molar-refractivity contribution < 1.29 is 32.9 Å². The molecule has 1 aromatic carbocycles. The number of ether oxygens (including phenoxy) is 1. The van der Waals surface area contributed by atoms with Crippen LogP contribution in [0.15, 0.2) is 11.4 Å². The van der Waals surface area contributed by atoms with Crippen molar-refractivity contribution in [2.75, 3.05) is 45.9 Å². The largest absolute Gasteiger partial charge is 0.503 e. The average Bonchev–Trinajstić information content (AvgIpc) is 3.47. The SMILES string of the molecule is Cc1nc(COCC(=O)N2CCN(CCO)CC2)sc1-c1csc(-c2cc(F)c(O)c(F)c2F)n1. The number of β-amino-alcohol motifs (C(OH)–C–C–N with tert-alkyl or cyclic N) is 1. The lowest BCUT2D eigenvalue weighted by atomic mass is 10.2. The molecule has 8 nitrogen and oxygen atoms in total. The van der Waals surface area contributed by atoms with Gasteiger partial charge < -0.3 is 19.8 Å². The van der Waals surface area contributed by atoms with Gasteiger partial charge in [0.2, 0.25) is 11.7 Å². The minimum atomic E-state index is -1.66. The lowest BCUT2D eigenvalue weighted by Gasteiger charge is -2.34. The Kier molecular flexibility index (Phi) is 8.02. The highest BCUT2D eigenvalue weighted by molar-refractivity contribution is 7.16. The normalized spacial score (nSPS) is 14.6. The zero-order chi connectivity index (χ0) is 25.1. The zero-order valence-electron chi connectivity index (χ0n) is 18.8. The van der Waals surface area contributed by atoms with Gasteiger partial charge in [-0.15, -0.1) is 22.7 Å². The Morgan fingerprint density at radius 1 is 1.17 bits per heavy atom. The Labute approximate surface area is 207 Å². The lowest BCUT2D eigenvalue weighted by Crippen LogP contribution is -2.50. The fraction of sp³-hybridized carbons (Fsp3) is 0.409. The first-order chi connectivity index (χ1) is 16.8. The van der Waals surface area contributed by atoms with Crippen LogP contribution >= 0.6 is 22.7 Å². The summed E-state index contributed by atoms with van der Waals surface area (Å²) in [5, 5.41) is 20.5. The number of carbonyl (C=O) groups excluding carboxylic acids is 1. The Morgan fingerprint density at radius 2 is 1.91 bits per heavy atom. The van der Waals surface area contributed by atoms with Crippen LogP contribution in [0.4, 0.5) is 13.2 Å². The Hall–Kier alpha value is -2.58. The quantitative estimate of drug-likeness (QED) is 0.434. The van der Waals surface area contributed by atoms with Crippen LogP contribution in [0.3, 0.4) is 0 Å². The van der Waals surface area contributed by atoms with Gasteiger partial charge in [0.05, 0.1) is 35.0 Å². The van der Waals surface area contributed by atoms with E-state index in [0.717, 1.165) is 11.3 Å². The summed E-state index contributed by atoms with van der Waals surface area (Å²) in [5.41, 5.74) is 0.743. The number of aromatic nitrogens is 2. The van der Waals surface area contributed by atoms with Gasteiger partial charge in [0.15, 0.2) is 17.4 Å². The van der Waals surface area contributed by atoms with Crippen LogP contribution in [0.2, 0.25) is 0 Å². The number of piperazine rings is 1. The van der Waals surface area contributed by atoms with Crippen molar-refractivity contribution >= 4 is 28.6 Å². The first kappa shape index (κ1) is 25.5. The average molecular weight is 529 g/mol. The van der Waals surface area contributed by atoms with Gasteiger partial charge in [0, 0.05) is 38.1 Å². The lowest BCUT2D eigenvalue weighted by molar-refractivity contribution is -0.138. The van der Waals surface area contributed by atoms with E-state index in [0.29, 0.717) is 60.1 Å². The summed E-state index contributed by atoms with van der Waals surface area (Å²) in [6.07, 6.45) is 0. The molecule has 0 saturated carbocycles. The number of aromatic hydroxyl groups is 1. The number of benzene rings is 1. The van der Waals surface area contributed by atoms with Crippen molar-refractivity contribution in [1.82, 2.24) is 19.8 Å². The summed E-state index contributed by atoms with van der Waals surface area (Å²) in [7, 11) is 0. The van der Waals surface area contributed by atoms with Crippen LogP contribution in [-0.2, 0) is 16.1 Å². The molecular weight excluding hydrogens is 505 g/mol. The van der Waals surface area contributed by atoms with Gasteiger partial charge in [-0.1, -0.05) is 0 Å². The minimum absolute atomic E-state index is 0.0607. The number of aliphatic hydroxyl groups is 1. The molecule has 35 heavy (non-hydrogen) atoms. The van der Waals surface area contributed by atoms with E-state index < -0.39 is 23.2 Å². The summed E-state index contributed by atoms with van der Waals surface area (Å²) in [6, 6.07) is 0.707. The first-order valence-electron chi connectivity index (χ1n) is 10.8. The van der Waals surface area contributed by atoms with Crippen molar-refractivity contribution in [3.8, 4) is 26.9 Å². The molecule has 1 aliphatic heterocycles. The third kappa shape index (κ3) is 5.64. The number of aliphatic hydroxyl groups excluding tert-OH is 1. The topological polar surface area (TPSA) is 99.0 Å². The predicted molar refractivity (Wildman–Crippen MR) is 125 cm³/mol. The van der Waals surface area contributed by atoms with E-state index in [9.17, 15) is 23.1 Å². The molecule has 3 aromatic rings. The molecule has 0 spiro atoms. The van der Waals surface area contributed by atoms with Crippen LogP contribution < -0.4 is 0 Å². The molecule has 1 saturated heterocycles. The van der Waals surface area contributed by atoms with Crippen LogP contribution in [0.25, 0.3) is 21.1 Å². The fourth-order valence-corrected chi connectivity index (χ4v) is 5.53. The molecule has 0 radical (unpaired) electrons. The van der Waals surface area contributed by atoms with E-state index in [1.165, 1.54) is 11.3 Å². The number of hydrogen-bond donors (Lipinski definition) is 2. The maximum absolute atomic E-state index is 14.2. The Bertz CT molecular complexity index is 1210. The molecule has 3 heterocycles. The Morgan fingerprint density at radius 3 is 2.63 bits per heavy atom. The van der Waals surface area contributed by atoms with Gasteiger partial charge in [-0.3, -0.25) is 9.69 Å². The van der Waals surface area contributed by atoms with Gasteiger partial charge in [-0.05, 0) is 13.0 Å². The van der Waals surface area contributed by atoms with Crippen molar-refractivity contribution in [2.24, 2.45) is 0 Å². The Balaban J connectivity index is 1.37. The molecule has 0 unspecified atom stereocenters. The highest BCUT2D eigenvalue weighted by atomic mass is 32.1. The monoisotopic (exact) mass is 528 g/mol. The van der Waals surface area contributed by atoms with E-state index in [1.54, 1.807) is 17.2 Å². The van der Waals surface area contributed by atoms with Gasteiger partial charge in [-0.2, -0.15) is 4.39 Å². The number of hydrogen-bond acceptors (Lipinski definition) is 9. The molecule has 0 bridgehead atoms. The maximum Gasteiger partial charge on any atom is 0.248 e. The molecule has 2 aromatic heterocycles. The number of phenols is 1. The summed E-state index contributed by atoms with van der Waals surface area (Å²) in [6.45, 7) is 5.12. The number of aryl methyl sites for hydroxylation is 1. The second-order valence-electron chi connectivity index (χ2n) is 7.88. The van der Waals surface area contributed by atoms with E-state index >= 15 is 0 Å². The van der Waals surface area contributed by atoms with Crippen molar-refractivity contribution in [3.05, 3.63) is 39.6 Å². The molecule has 13 heteroatoms. The predicted octanol–water partition coefficient (Wildman–Crippen LogP) is 3.02. The second-order valence-corrected chi connectivity index (χ2v) is 9.82. The number of phenolic OH excluding ortho intramolecular Hbond substituents is 1. The molecule has 0 atom stereocenters. The zero-order valence-corrected chi connectivity index (χ0v) is 20.4. The summed E-state index contributed by atoms with van der Waals surface area (Å²) in [5.74, 6) is -5.79. The summed E-state index contributed by atoms with van der Waals surface area (Å²) >= 11 is 2.31. The summed E-state index contributed by atoms with van der Waals surface area (Å²) in [4.78, 5) is 25.6. The third-order valence-electron chi connectivity index (χ3n) is 5.53. The molecule has 188 valence electrons. The molecule has 0 aliphatic carbocycles. The van der Waals surface area contributed by atoms with Crippen molar-refractivity contribution in [3.63, 3.8) is 0 Å². The number of halogens is 3. The number of thiazole rings is 2. The van der Waals surface area contributed by atoms with E-state index in [2.05, 4.69) is 14.9 Å². The maximum atomic E-state index is 14.2. The van der Waals surface area contributed by atoms with Gasteiger partial charge >= 0.3 is 0 Å². The molecular formula is C22H23F3N4O4S2.